The van der Waals surface area contributed by atoms with Gasteiger partial charge in [0, 0.05) is 6.20 Å². The van der Waals surface area contributed by atoms with Crippen LogP contribution in [0.4, 0.5) is 0 Å². The van der Waals surface area contributed by atoms with Gasteiger partial charge in [0.2, 0.25) is 0 Å². The number of fused-ring (bicyclic) bond motifs is 1. The maximum atomic E-state index is 11.2. The van der Waals surface area contributed by atoms with Crippen molar-refractivity contribution in [2.24, 2.45) is 0 Å². The van der Waals surface area contributed by atoms with Gasteiger partial charge in [-0.15, -0.1) is 0 Å². The van der Waals surface area contributed by atoms with E-state index in [1.54, 1.807) is 10.5 Å². The number of carbonyl (C=O) groups is 1. The molecule has 17 heavy (non-hydrogen) atoms. The van der Waals surface area contributed by atoms with Crippen LogP contribution >= 0.6 is 11.6 Å². The zero-order valence-electron chi connectivity index (χ0n) is 9.86. The molecule has 0 atom stereocenters. The standard InChI is InChI=1S/C12H13ClN2O2/c1-6(2)10-9(12(16)17)14-11-8(13)4-7(3)5-15(10)11/h4-6H,1-3H3,(H,16,17). The molecular weight excluding hydrogens is 240 g/mol. The average Bonchev–Trinajstić information content (AvgIpc) is 2.56. The van der Waals surface area contributed by atoms with Gasteiger partial charge in [-0.05, 0) is 24.5 Å². The van der Waals surface area contributed by atoms with E-state index < -0.39 is 5.97 Å². The van der Waals surface area contributed by atoms with E-state index >= 15 is 0 Å². The van der Waals surface area contributed by atoms with Crippen LogP contribution in [0.3, 0.4) is 0 Å². The normalized spacial score (nSPS) is 11.4. The van der Waals surface area contributed by atoms with Crippen molar-refractivity contribution in [1.29, 1.82) is 0 Å². The molecule has 0 spiro atoms. The number of hydrogen-bond acceptors (Lipinski definition) is 2. The van der Waals surface area contributed by atoms with Crippen molar-refractivity contribution in [1.82, 2.24) is 9.38 Å². The Hall–Kier alpha value is -1.55. The molecule has 0 aliphatic rings. The Labute approximate surface area is 104 Å². The molecule has 2 aromatic heterocycles. The van der Waals surface area contributed by atoms with Crippen LogP contribution in [0.25, 0.3) is 5.65 Å². The molecule has 0 radical (unpaired) electrons. The number of imidazole rings is 1. The fraction of sp³-hybridized carbons (Fsp3) is 0.333. The van der Waals surface area contributed by atoms with Gasteiger partial charge in [-0.25, -0.2) is 9.78 Å². The summed E-state index contributed by atoms with van der Waals surface area (Å²) in [4.78, 5) is 15.3. The first-order valence-electron chi connectivity index (χ1n) is 5.33. The highest BCUT2D eigenvalue weighted by atomic mass is 35.5. The predicted octanol–water partition coefficient (Wildman–Crippen LogP) is 3.12. The van der Waals surface area contributed by atoms with Crippen LogP contribution in [0.5, 0.6) is 0 Å². The number of pyridine rings is 1. The predicted molar refractivity (Wildman–Crippen MR) is 66.0 cm³/mol. The molecule has 1 N–H and O–H groups in total. The first-order valence-corrected chi connectivity index (χ1v) is 5.71. The van der Waals surface area contributed by atoms with Crippen molar-refractivity contribution in [2.45, 2.75) is 26.7 Å². The van der Waals surface area contributed by atoms with Crippen LogP contribution in [-0.2, 0) is 0 Å². The van der Waals surface area contributed by atoms with Gasteiger partial charge in [0.15, 0.2) is 11.3 Å². The van der Waals surface area contributed by atoms with Crippen LogP contribution in [0.1, 0.15) is 41.5 Å². The molecule has 0 unspecified atom stereocenters. The zero-order chi connectivity index (χ0) is 12.7. The average molecular weight is 253 g/mol. The van der Waals surface area contributed by atoms with E-state index in [4.69, 9.17) is 16.7 Å². The Bertz CT molecular complexity index is 602. The molecular formula is C12H13ClN2O2. The lowest BCUT2D eigenvalue weighted by atomic mass is 10.1. The second-order valence-corrected chi connectivity index (χ2v) is 4.77. The minimum atomic E-state index is -1.02. The van der Waals surface area contributed by atoms with Crippen LogP contribution < -0.4 is 0 Å². The number of rotatable bonds is 2. The van der Waals surface area contributed by atoms with Crippen molar-refractivity contribution in [2.75, 3.05) is 0 Å². The van der Waals surface area contributed by atoms with Crippen LogP contribution in [0.2, 0.25) is 5.02 Å². The fourth-order valence-electron chi connectivity index (χ4n) is 1.96. The van der Waals surface area contributed by atoms with Crippen molar-refractivity contribution >= 4 is 23.2 Å². The second-order valence-electron chi connectivity index (χ2n) is 4.36. The van der Waals surface area contributed by atoms with Gasteiger partial charge < -0.3 is 9.51 Å². The van der Waals surface area contributed by atoms with Crippen LogP contribution in [0.15, 0.2) is 12.3 Å². The van der Waals surface area contributed by atoms with Crippen LogP contribution in [-0.4, -0.2) is 20.5 Å². The number of hydrogen-bond donors (Lipinski definition) is 1. The summed E-state index contributed by atoms with van der Waals surface area (Å²) in [5.74, 6) is -0.958. The van der Waals surface area contributed by atoms with Gasteiger partial charge in [-0.3, -0.25) is 0 Å². The lowest BCUT2D eigenvalue weighted by molar-refractivity contribution is 0.0689. The SMILES string of the molecule is Cc1cc(Cl)c2nc(C(=O)O)c(C(C)C)n2c1. The van der Waals surface area contributed by atoms with Gasteiger partial charge in [0.05, 0.1) is 10.7 Å². The number of aryl methyl sites for hydroxylation is 1. The topological polar surface area (TPSA) is 54.6 Å². The quantitative estimate of drug-likeness (QED) is 0.893. The van der Waals surface area contributed by atoms with E-state index in [2.05, 4.69) is 4.98 Å². The van der Waals surface area contributed by atoms with Gasteiger partial charge in [0.1, 0.15) is 0 Å². The molecule has 2 rings (SSSR count). The lowest BCUT2D eigenvalue weighted by Crippen LogP contribution is -2.05. The minimum absolute atomic E-state index is 0.0639. The summed E-state index contributed by atoms with van der Waals surface area (Å²) in [7, 11) is 0. The highest BCUT2D eigenvalue weighted by Crippen LogP contribution is 2.26. The Morgan fingerprint density at radius 3 is 2.71 bits per heavy atom. The highest BCUT2D eigenvalue weighted by molar-refractivity contribution is 6.33. The van der Waals surface area contributed by atoms with E-state index in [1.807, 2.05) is 27.0 Å². The maximum absolute atomic E-state index is 11.2. The van der Waals surface area contributed by atoms with E-state index in [1.165, 1.54) is 0 Å². The Balaban J connectivity index is 2.90. The summed E-state index contributed by atoms with van der Waals surface area (Å²) in [6, 6.07) is 1.78. The monoisotopic (exact) mass is 252 g/mol. The largest absolute Gasteiger partial charge is 0.476 e. The summed E-state index contributed by atoms with van der Waals surface area (Å²) in [5.41, 5.74) is 2.22. The van der Waals surface area contributed by atoms with Gasteiger partial charge in [-0.1, -0.05) is 25.4 Å². The Morgan fingerprint density at radius 2 is 2.18 bits per heavy atom. The molecule has 2 heterocycles. The minimum Gasteiger partial charge on any atom is -0.476 e. The maximum Gasteiger partial charge on any atom is 0.356 e. The lowest BCUT2D eigenvalue weighted by Gasteiger charge is -2.07. The van der Waals surface area contributed by atoms with Crippen molar-refractivity contribution in [3.8, 4) is 0 Å². The summed E-state index contributed by atoms with van der Waals surface area (Å²) in [6.07, 6.45) is 1.86. The van der Waals surface area contributed by atoms with E-state index in [9.17, 15) is 4.79 Å². The molecule has 0 bridgehead atoms. The number of nitrogens with zero attached hydrogens (tertiary/aromatic N) is 2. The van der Waals surface area contributed by atoms with E-state index in [0.29, 0.717) is 16.4 Å². The van der Waals surface area contributed by atoms with Gasteiger partial charge in [-0.2, -0.15) is 0 Å². The molecule has 0 saturated heterocycles. The molecule has 0 aliphatic heterocycles. The number of carboxylic acids is 1. The highest BCUT2D eigenvalue weighted by Gasteiger charge is 2.21. The van der Waals surface area contributed by atoms with Gasteiger partial charge in [0.25, 0.3) is 0 Å². The zero-order valence-corrected chi connectivity index (χ0v) is 10.6. The third kappa shape index (κ3) is 1.89. The summed E-state index contributed by atoms with van der Waals surface area (Å²) in [6.45, 7) is 5.79. The molecule has 0 aliphatic carbocycles. The van der Waals surface area contributed by atoms with E-state index in [0.717, 1.165) is 5.56 Å². The first kappa shape index (κ1) is 11.9. The van der Waals surface area contributed by atoms with Crippen LogP contribution in [0, 0.1) is 6.92 Å². The Morgan fingerprint density at radius 1 is 1.53 bits per heavy atom. The number of aromatic carboxylic acids is 1. The molecule has 2 aromatic rings. The number of carboxylic acid groups (broad SMARTS) is 1. The molecule has 90 valence electrons. The summed E-state index contributed by atoms with van der Waals surface area (Å²) >= 11 is 6.08. The number of aromatic nitrogens is 2. The van der Waals surface area contributed by atoms with Gasteiger partial charge >= 0.3 is 5.97 Å². The second kappa shape index (κ2) is 4.04. The smallest absolute Gasteiger partial charge is 0.356 e. The Kier molecular flexibility index (Phi) is 2.83. The molecule has 0 saturated carbocycles. The molecule has 0 aromatic carbocycles. The van der Waals surface area contributed by atoms with Crippen molar-refractivity contribution in [3.05, 3.63) is 34.2 Å². The number of halogens is 1. The molecule has 4 nitrogen and oxygen atoms in total. The van der Waals surface area contributed by atoms with Crippen molar-refractivity contribution < 1.29 is 9.90 Å². The first-order chi connectivity index (χ1) is 7.91. The third-order valence-corrected chi connectivity index (χ3v) is 2.88. The molecule has 0 amide bonds. The summed E-state index contributed by atoms with van der Waals surface area (Å²) < 4.78 is 1.77. The third-order valence-electron chi connectivity index (χ3n) is 2.60. The van der Waals surface area contributed by atoms with Crippen molar-refractivity contribution in [3.63, 3.8) is 0 Å². The molecule has 5 heteroatoms. The fourth-order valence-corrected chi connectivity index (χ4v) is 2.26. The van der Waals surface area contributed by atoms with E-state index in [-0.39, 0.29) is 11.6 Å². The summed E-state index contributed by atoms with van der Waals surface area (Å²) in [5, 5.41) is 9.63. The molecule has 0 fully saturated rings.